The van der Waals surface area contributed by atoms with Gasteiger partial charge in [-0.15, -0.1) is 0 Å². The summed E-state index contributed by atoms with van der Waals surface area (Å²) >= 11 is 0. The van der Waals surface area contributed by atoms with Crippen molar-refractivity contribution in [1.82, 2.24) is 9.97 Å². The smallest absolute Gasteiger partial charge is 0.313 e. The first kappa shape index (κ1) is 13.4. The zero-order valence-electron chi connectivity index (χ0n) is 11.6. The number of benzene rings is 1. The highest BCUT2D eigenvalue weighted by atomic mass is 19.1. The summed E-state index contributed by atoms with van der Waals surface area (Å²) < 4.78 is 18.9. The van der Waals surface area contributed by atoms with Gasteiger partial charge in [-0.2, -0.15) is 0 Å². The Kier molecular flexibility index (Phi) is 2.86. The fraction of sp³-hybridized carbons (Fsp3) is 0.286. The van der Waals surface area contributed by atoms with Gasteiger partial charge >= 0.3 is 11.1 Å². The van der Waals surface area contributed by atoms with E-state index in [4.69, 9.17) is 4.74 Å². The van der Waals surface area contributed by atoms with Gasteiger partial charge in [-0.3, -0.25) is 9.59 Å². The van der Waals surface area contributed by atoms with E-state index in [9.17, 15) is 14.0 Å². The predicted octanol–water partition coefficient (Wildman–Crippen LogP) is 0.946. The minimum Gasteiger partial charge on any atom is -0.488 e. The highest BCUT2D eigenvalue weighted by Gasteiger charge is 2.39. The number of hydrogen-bond donors (Lipinski definition) is 2. The molecule has 2 aromatic rings. The highest BCUT2D eigenvalue weighted by molar-refractivity contribution is 5.62. The predicted molar refractivity (Wildman–Crippen MR) is 75.3 cm³/mol. The molecule has 0 bridgehead atoms. The maximum atomic E-state index is 13.2. The number of hydrogen-bond acceptors (Lipinski definition) is 4. The maximum absolute atomic E-state index is 13.2. The summed E-state index contributed by atoms with van der Waals surface area (Å²) in [5.41, 5.74) is -0.883. The SMILES string of the molecule is CN1c2ccc(F)cc2OCC1(C)c1c[nH]c(=O)c(=O)[nH]1. The summed E-state index contributed by atoms with van der Waals surface area (Å²) in [7, 11) is 1.82. The van der Waals surface area contributed by atoms with Crippen molar-refractivity contribution in [2.75, 3.05) is 18.6 Å². The van der Waals surface area contributed by atoms with Crippen LogP contribution in [0.25, 0.3) is 0 Å². The zero-order chi connectivity index (χ0) is 15.2. The lowest BCUT2D eigenvalue weighted by molar-refractivity contribution is 0.201. The molecule has 2 N–H and O–H groups in total. The molecule has 0 aliphatic carbocycles. The van der Waals surface area contributed by atoms with Crippen molar-refractivity contribution in [3.63, 3.8) is 0 Å². The zero-order valence-corrected chi connectivity index (χ0v) is 11.6. The lowest BCUT2D eigenvalue weighted by Gasteiger charge is -2.44. The van der Waals surface area contributed by atoms with Crippen LogP contribution in [0.2, 0.25) is 0 Å². The number of fused-ring (bicyclic) bond motifs is 1. The number of rotatable bonds is 1. The van der Waals surface area contributed by atoms with Crippen molar-refractivity contribution in [2.45, 2.75) is 12.5 Å². The molecule has 21 heavy (non-hydrogen) atoms. The second-order valence-electron chi connectivity index (χ2n) is 5.22. The third-order valence-electron chi connectivity index (χ3n) is 3.91. The summed E-state index contributed by atoms with van der Waals surface area (Å²) in [6.07, 6.45) is 1.46. The Labute approximate surface area is 119 Å². The lowest BCUT2D eigenvalue weighted by atomic mass is 9.94. The molecule has 3 rings (SSSR count). The fourth-order valence-electron chi connectivity index (χ4n) is 2.43. The number of nitrogens with one attached hydrogen (secondary N) is 2. The van der Waals surface area contributed by atoms with E-state index in [2.05, 4.69) is 9.97 Å². The van der Waals surface area contributed by atoms with Crippen LogP contribution in [0.15, 0.2) is 34.0 Å². The van der Waals surface area contributed by atoms with Gasteiger partial charge in [0, 0.05) is 19.3 Å². The van der Waals surface area contributed by atoms with Gasteiger partial charge in [0.05, 0.1) is 11.4 Å². The van der Waals surface area contributed by atoms with Crippen LogP contribution in [0.5, 0.6) is 5.75 Å². The van der Waals surface area contributed by atoms with Crippen LogP contribution < -0.4 is 20.8 Å². The Morgan fingerprint density at radius 2 is 2.10 bits per heavy atom. The van der Waals surface area contributed by atoms with Crippen LogP contribution in [0.3, 0.4) is 0 Å². The third-order valence-corrected chi connectivity index (χ3v) is 3.91. The second-order valence-corrected chi connectivity index (χ2v) is 5.22. The first-order valence-electron chi connectivity index (χ1n) is 6.40. The number of aromatic amines is 2. The van der Waals surface area contributed by atoms with Crippen molar-refractivity contribution in [1.29, 1.82) is 0 Å². The average Bonchev–Trinajstić information content (AvgIpc) is 2.46. The highest BCUT2D eigenvalue weighted by Crippen LogP contribution is 2.41. The summed E-state index contributed by atoms with van der Waals surface area (Å²) in [5, 5.41) is 0. The fourth-order valence-corrected chi connectivity index (χ4v) is 2.43. The van der Waals surface area contributed by atoms with Crippen molar-refractivity contribution < 1.29 is 9.13 Å². The molecule has 0 radical (unpaired) electrons. The molecule has 0 spiro atoms. The van der Waals surface area contributed by atoms with Gasteiger partial charge in [0.15, 0.2) is 0 Å². The van der Waals surface area contributed by atoms with Gasteiger partial charge in [0.1, 0.15) is 23.7 Å². The molecule has 1 aromatic heterocycles. The molecule has 6 nitrogen and oxygen atoms in total. The Balaban J connectivity index is 2.10. The van der Waals surface area contributed by atoms with E-state index in [1.807, 2.05) is 18.9 Å². The number of likely N-dealkylation sites (N-methyl/N-ethyl adjacent to an activating group) is 1. The average molecular weight is 291 g/mol. The minimum atomic E-state index is -0.716. The van der Waals surface area contributed by atoms with E-state index in [0.717, 1.165) is 0 Å². The molecule has 1 aliphatic rings. The molecule has 0 saturated heterocycles. The molecule has 0 fully saturated rings. The van der Waals surface area contributed by atoms with Crippen molar-refractivity contribution in [3.05, 3.63) is 56.6 Å². The molecule has 1 atom stereocenters. The first-order chi connectivity index (χ1) is 9.91. The van der Waals surface area contributed by atoms with Gasteiger partial charge in [-0.05, 0) is 19.1 Å². The number of ether oxygens (including phenoxy) is 1. The molecule has 1 aliphatic heterocycles. The first-order valence-corrected chi connectivity index (χ1v) is 6.40. The molecular weight excluding hydrogens is 277 g/mol. The van der Waals surface area contributed by atoms with Crippen LogP contribution in [0.4, 0.5) is 10.1 Å². The monoisotopic (exact) mass is 291 g/mol. The molecule has 7 heteroatoms. The van der Waals surface area contributed by atoms with Crippen LogP contribution in [-0.4, -0.2) is 23.6 Å². The summed E-state index contributed by atoms with van der Waals surface area (Å²) in [6.45, 7) is 2.07. The molecule has 1 aromatic carbocycles. The lowest BCUT2D eigenvalue weighted by Crippen LogP contribution is -2.51. The summed E-state index contributed by atoms with van der Waals surface area (Å²) in [6, 6.07) is 4.28. The Hall–Kier alpha value is -2.57. The number of halogens is 1. The maximum Gasteiger partial charge on any atom is 0.313 e. The molecule has 2 heterocycles. The van der Waals surface area contributed by atoms with E-state index in [1.54, 1.807) is 6.07 Å². The van der Waals surface area contributed by atoms with E-state index >= 15 is 0 Å². The van der Waals surface area contributed by atoms with E-state index in [-0.39, 0.29) is 12.4 Å². The second kappa shape index (κ2) is 4.47. The van der Waals surface area contributed by atoms with Gasteiger partial charge in [0.2, 0.25) is 0 Å². The summed E-state index contributed by atoms with van der Waals surface area (Å²) in [4.78, 5) is 29.6. The quantitative estimate of drug-likeness (QED) is 0.767. The number of aromatic nitrogens is 2. The van der Waals surface area contributed by atoms with Gasteiger partial charge < -0.3 is 19.6 Å². The van der Waals surface area contributed by atoms with Crippen molar-refractivity contribution in [2.24, 2.45) is 0 Å². The van der Waals surface area contributed by atoms with E-state index in [1.165, 1.54) is 18.3 Å². The molecule has 1 unspecified atom stereocenters. The summed E-state index contributed by atoms with van der Waals surface area (Å²) in [5.74, 6) is 0.0740. The Bertz CT molecular complexity index is 814. The standard InChI is InChI=1S/C14H14FN3O3/c1-14(11-6-16-12(19)13(20)17-11)7-21-10-5-8(15)3-4-9(10)18(14)2/h3-6H,7H2,1-2H3,(H,16,19)(H,17,20). The topological polar surface area (TPSA) is 78.2 Å². The molecule has 110 valence electrons. The molecule has 0 amide bonds. The normalized spacial score (nSPS) is 20.8. The molecular formula is C14H14FN3O3. The van der Waals surface area contributed by atoms with Crippen LogP contribution in [-0.2, 0) is 5.54 Å². The number of anilines is 1. The Morgan fingerprint density at radius 3 is 2.81 bits per heavy atom. The molecule has 0 saturated carbocycles. The van der Waals surface area contributed by atoms with Crippen molar-refractivity contribution in [3.8, 4) is 5.75 Å². The van der Waals surface area contributed by atoms with E-state index < -0.39 is 16.7 Å². The largest absolute Gasteiger partial charge is 0.488 e. The number of nitrogens with zero attached hydrogens (tertiary/aromatic N) is 1. The minimum absolute atomic E-state index is 0.210. The van der Waals surface area contributed by atoms with Gasteiger partial charge in [-0.25, -0.2) is 4.39 Å². The van der Waals surface area contributed by atoms with Crippen molar-refractivity contribution >= 4 is 5.69 Å². The number of H-pyrrole nitrogens is 2. The third kappa shape index (κ3) is 2.01. The van der Waals surface area contributed by atoms with Crippen LogP contribution in [0, 0.1) is 5.82 Å². The van der Waals surface area contributed by atoms with E-state index in [0.29, 0.717) is 17.1 Å². The van der Waals surface area contributed by atoms with Gasteiger partial charge in [-0.1, -0.05) is 0 Å². The van der Waals surface area contributed by atoms with Crippen LogP contribution >= 0.6 is 0 Å². The van der Waals surface area contributed by atoms with Gasteiger partial charge in [0.25, 0.3) is 0 Å². The Morgan fingerprint density at radius 1 is 1.33 bits per heavy atom. The van der Waals surface area contributed by atoms with Crippen LogP contribution in [0.1, 0.15) is 12.6 Å².